The van der Waals surface area contributed by atoms with E-state index in [1.165, 1.54) is 25.0 Å². The molecular formula is C19H26F2N3O+. The Balaban J connectivity index is 1.58. The molecule has 6 heteroatoms. The number of ether oxygens (including phenoxy) is 1. The van der Waals surface area contributed by atoms with Crippen molar-refractivity contribution in [1.82, 2.24) is 0 Å². The fourth-order valence-corrected chi connectivity index (χ4v) is 5.02. The SMILES string of the molecule is CC1N=C(N)C(OC(F)F)=CC1C1=CC(C2C3CCCC32)=[N+]1C(C)C. The third kappa shape index (κ3) is 2.70. The molecular weight excluding hydrogens is 324 g/mol. The van der Waals surface area contributed by atoms with Gasteiger partial charge in [0.05, 0.1) is 24.0 Å². The highest BCUT2D eigenvalue weighted by atomic mass is 19.3. The number of nitrogens with zero attached hydrogens (tertiary/aromatic N) is 2. The second-order valence-electron chi connectivity index (χ2n) is 7.93. The second kappa shape index (κ2) is 5.92. The van der Waals surface area contributed by atoms with Gasteiger partial charge in [0.15, 0.2) is 29.0 Å². The molecule has 0 aromatic carbocycles. The Hall–Kier alpha value is -1.72. The van der Waals surface area contributed by atoms with Crippen molar-refractivity contribution in [1.29, 1.82) is 0 Å². The van der Waals surface area contributed by atoms with Crippen LogP contribution in [0.3, 0.4) is 0 Å². The molecule has 2 aliphatic carbocycles. The first-order valence-corrected chi connectivity index (χ1v) is 9.26. The molecule has 2 heterocycles. The number of amidine groups is 1. The molecule has 25 heavy (non-hydrogen) atoms. The van der Waals surface area contributed by atoms with Gasteiger partial charge in [0, 0.05) is 0 Å². The van der Waals surface area contributed by atoms with Gasteiger partial charge in [0.2, 0.25) is 0 Å². The standard InChI is InChI=1S/C19H26F2N3O/c1-9(2)24-14(8-15(24)17-11-5-4-6-12(11)17)13-7-16(25-19(20)21)18(22)23-10(13)3/h7-13,17,19H,4-6H2,1-3H3,(H2,22,23)/q+1. The predicted octanol–water partition coefficient (Wildman–Crippen LogP) is 3.29. The monoisotopic (exact) mass is 350 g/mol. The van der Waals surface area contributed by atoms with Gasteiger partial charge < -0.3 is 10.5 Å². The Labute approximate surface area is 147 Å². The van der Waals surface area contributed by atoms with E-state index in [9.17, 15) is 8.78 Å². The van der Waals surface area contributed by atoms with Crippen molar-refractivity contribution in [2.24, 2.45) is 34.4 Å². The second-order valence-corrected chi connectivity index (χ2v) is 7.93. The predicted molar refractivity (Wildman–Crippen MR) is 92.6 cm³/mol. The smallest absolute Gasteiger partial charge is 0.387 e. The summed E-state index contributed by atoms with van der Waals surface area (Å²) < 4.78 is 32.2. The van der Waals surface area contributed by atoms with Crippen LogP contribution < -0.4 is 5.73 Å². The number of nitrogens with two attached hydrogens (primary N) is 1. The zero-order valence-corrected chi connectivity index (χ0v) is 15.0. The van der Waals surface area contributed by atoms with E-state index in [4.69, 9.17) is 5.73 Å². The summed E-state index contributed by atoms with van der Waals surface area (Å²) in [5.41, 5.74) is 8.34. The maximum atomic E-state index is 12.6. The van der Waals surface area contributed by atoms with Crippen LogP contribution in [-0.4, -0.2) is 34.8 Å². The van der Waals surface area contributed by atoms with Crippen molar-refractivity contribution in [3.05, 3.63) is 23.6 Å². The van der Waals surface area contributed by atoms with Gasteiger partial charge in [-0.2, -0.15) is 13.4 Å². The summed E-state index contributed by atoms with van der Waals surface area (Å²) in [6, 6.07) is 0.262. The van der Waals surface area contributed by atoms with Crippen molar-refractivity contribution >= 4 is 11.5 Å². The molecule has 2 N–H and O–H groups in total. The highest BCUT2D eigenvalue weighted by Gasteiger charge is 2.60. The summed E-state index contributed by atoms with van der Waals surface area (Å²) in [7, 11) is 0. The number of hydrogen-bond acceptors (Lipinski definition) is 3. The van der Waals surface area contributed by atoms with Crippen LogP contribution in [0.5, 0.6) is 0 Å². The Morgan fingerprint density at radius 2 is 1.96 bits per heavy atom. The molecule has 2 saturated carbocycles. The minimum Gasteiger partial charge on any atom is -0.431 e. The van der Waals surface area contributed by atoms with Crippen molar-refractivity contribution in [3.63, 3.8) is 0 Å². The van der Waals surface area contributed by atoms with Crippen LogP contribution in [0.4, 0.5) is 8.78 Å². The van der Waals surface area contributed by atoms with Crippen LogP contribution in [0, 0.1) is 23.7 Å². The van der Waals surface area contributed by atoms with E-state index < -0.39 is 6.61 Å². The summed E-state index contributed by atoms with van der Waals surface area (Å²) >= 11 is 0. The molecule has 0 spiro atoms. The van der Waals surface area contributed by atoms with E-state index in [-0.39, 0.29) is 23.6 Å². The number of alkyl halides is 2. The lowest BCUT2D eigenvalue weighted by atomic mass is 9.87. The average Bonchev–Trinajstić information content (AvgIpc) is 2.93. The molecule has 0 saturated heterocycles. The molecule has 4 nitrogen and oxygen atoms in total. The Bertz CT molecular complexity index is 697. The molecule has 136 valence electrons. The maximum Gasteiger partial charge on any atom is 0.387 e. The summed E-state index contributed by atoms with van der Waals surface area (Å²) in [5, 5.41) is 0. The molecule has 4 rings (SSSR count). The van der Waals surface area contributed by atoms with Gasteiger partial charge >= 0.3 is 6.61 Å². The van der Waals surface area contributed by atoms with Gasteiger partial charge in [-0.3, -0.25) is 4.99 Å². The first kappa shape index (κ1) is 16.7. The highest BCUT2D eigenvalue weighted by Crippen LogP contribution is 2.59. The summed E-state index contributed by atoms with van der Waals surface area (Å²) in [5.74, 6) is 2.40. The zero-order chi connectivity index (χ0) is 17.9. The van der Waals surface area contributed by atoms with E-state index in [1.807, 2.05) is 6.92 Å². The van der Waals surface area contributed by atoms with Crippen LogP contribution in [0.2, 0.25) is 0 Å². The van der Waals surface area contributed by atoms with Crippen LogP contribution in [-0.2, 0) is 4.74 Å². The molecule has 2 fully saturated rings. The van der Waals surface area contributed by atoms with Crippen molar-refractivity contribution < 1.29 is 18.1 Å². The molecule has 4 aliphatic rings. The fourth-order valence-electron chi connectivity index (χ4n) is 5.02. The van der Waals surface area contributed by atoms with E-state index in [0.717, 1.165) is 17.5 Å². The number of dihydropyridines is 1. The third-order valence-corrected chi connectivity index (χ3v) is 6.12. The first-order valence-electron chi connectivity index (χ1n) is 9.26. The van der Waals surface area contributed by atoms with E-state index in [1.54, 1.807) is 6.08 Å². The summed E-state index contributed by atoms with van der Waals surface area (Å²) in [6.45, 7) is 3.43. The normalized spacial score (nSPS) is 36.8. The van der Waals surface area contributed by atoms with Crippen LogP contribution >= 0.6 is 0 Å². The Morgan fingerprint density at radius 3 is 2.56 bits per heavy atom. The van der Waals surface area contributed by atoms with Crippen molar-refractivity contribution in [2.75, 3.05) is 0 Å². The van der Waals surface area contributed by atoms with Crippen molar-refractivity contribution in [2.45, 2.75) is 58.7 Å². The quantitative estimate of drug-likeness (QED) is 0.774. The third-order valence-electron chi connectivity index (χ3n) is 6.12. The highest BCUT2D eigenvalue weighted by molar-refractivity contribution is 6.00. The minimum absolute atomic E-state index is 0.000512. The van der Waals surface area contributed by atoms with E-state index in [2.05, 4.69) is 34.2 Å². The summed E-state index contributed by atoms with van der Waals surface area (Å²) in [4.78, 5) is 4.33. The lowest BCUT2D eigenvalue weighted by molar-refractivity contribution is -0.528. The van der Waals surface area contributed by atoms with Gasteiger partial charge in [-0.25, -0.2) is 0 Å². The lowest BCUT2D eigenvalue weighted by Crippen LogP contribution is -2.42. The molecule has 4 atom stereocenters. The molecule has 0 radical (unpaired) electrons. The minimum atomic E-state index is -2.89. The average molecular weight is 350 g/mol. The molecule has 4 unspecified atom stereocenters. The molecule has 0 aromatic heterocycles. The molecule has 0 aromatic rings. The topological polar surface area (TPSA) is 50.6 Å². The number of allylic oxidation sites excluding steroid dienone is 1. The molecule has 0 amide bonds. The number of aliphatic imine (C=N–C) groups is 1. The van der Waals surface area contributed by atoms with Crippen molar-refractivity contribution in [3.8, 4) is 0 Å². The van der Waals surface area contributed by atoms with E-state index >= 15 is 0 Å². The number of fused-ring (bicyclic) bond motifs is 1. The Morgan fingerprint density at radius 1 is 1.28 bits per heavy atom. The van der Waals surface area contributed by atoms with Crippen LogP contribution in [0.1, 0.15) is 40.0 Å². The Kier molecular flexibility index (Phi) is 3.96. The molecule has 2 aliphatic heterocycles. The van der Waals surface area contributed by atoms with Crippen LogP contribution in [0.25, 0.3) is 0 Å². The number of rotatable bonds is 5. The number of halogens is 2. The molecule has 0 bridgehead atoms. The maximum absolute atomic E-state index is 12.6. The van der Waals surface area contributed by atoms with Gasteiger partial charge in [-0.15, -0.1) is 0 Å². The lowest BCUT2D eigenvalue weighted by Gasteiger charge is -2.30. The first-order chi connectivity index (χ1) is 11.9. The fraction of sp³-hybridized carbons (Fsp3) is 0.684. The van der Waals surface area contributed by atoms with Gasteiger partial charge in [0.25, 0.3) is 0 Å². The number of hydrogen-bond donors (Lipinski definition) is 1. The van der Waals surface area contributed by atoms with Crippen LogP contribution in [0.15, 0.2) is 28.6 Å². The largest absolute Gasteiger partial charge is 0.431 e. The van der Waals surface area contributed by atoms with Gasteiger partial charge in [0.1, 0.15) is 0 Å². The van der Waals surface area contributed by atoms with Gasteiger partial charge in [-0.1, -0.05) is 6.42 Å². The van der Waals surface area contributed by atoms with E-state index in [0.29, 0.717) is 12.0 Å². The zero-order valence-electron chi connectivity index (χ0n) is 15.0. The summed E-state index contributed by atoms with van der Waals surface area (Å²) in [6.07, 6.45) is 8.03. The van der Waals surface area contributed by atoms with Gasteiger partial charge in [-0.05, 0) is 51.5 Å².